The Morgan fingerprint density at radius 1 is 1.21 bits per heavy atom. The predicted molar refractivity (Wildman–Crippen MR) is 78.8 cm³/mol. The Morgan fingerprint density at radius 2 is 1.89 bits per heavy atom. The summed E-state index contributed by atoms with van der Waals surface area (Å²) >= 11 is 11.9. The first-order valence-electron chi connectivity index (χ1n) is 6.04. The van der Waals surface area contributed by atoms with Crippen LogP contribution in [0.4, 0.5) is 0 Å². The maximum absolute atomic E-state index is 5.99. The molecule has 19 heavy (non-hydrogen) atoms. The zero-order valence-corrected chi connectivity index (χ0v) is 13.3. The molecule has 0 heterocycles. The van der Waals surface area contributed by atoms with Crippen molar-refractivity contribution in [1.29, 1.82) is 0 Å². The van der Waals surface area contributed by atoms with E-state index in [-0.39, 0.29) is 5.60 Å². The summed E-state index contributed by atoms with van der Waals surface area (Å²) in [5.74, 6) is 1.56. The van der Waals surface area contributed by atoms with Gasteiger partial charge >= 0.3 is 0 Å². The summed E-state index contributed by atoms with van der Waals surface area (Å²) in [6.07, 6.45) is 0.761. The summed E-state index contributed by atoms with van der Waals surface area (Å²) in [6.45, 7) is 4.54. The molecule has 0 aliphatic carbocycles. The highest BCUT2D eigenvalue weighted by Crippen LogP contribution is 2.36. The molecule has 1 rings (SSSR count). The lowest BCUT2D eigenvalue weighted by Gasteiger charge is -2.23. The quantitative estimate of drug-likeness (QED) is 0.704. The molecule has 0 aromatic heterocycles. The molecule has 0 saturated heterocycles. The third-order valence-corrected chi connectivity index (χ3v) is 3.47. The zero-order valence-electron chi connectivity index (χ0n) is 11.8. The van der Waals surface area contributed by atoms with E-state index in [1.165, 1.54) is 0 Å². The lowest BCUT2D eigenvalue weighted by atomic mass is 10.1. The number of alkyl halides is 1. The number of benzene rings is 1. The van der Waals surface area contributed by atoms with Crippen LogP contribution in [-0.4, -0.2) is 26.4 Å². The molecule has 0 atom stereocenters. The van der Waals surface area contributed by atoms with E-state index in [1.54, 1.807) is 26.4 Å². The molecule has 5 heteroatoms. The summed E-state index contributed by atoms with van der Waals surface area (Å²) in [7, 11) is 3.27. The Hall–Kier alpha value is -0.640. The Morgan fingerprint density at radius 3 is 2.42 bits per heavy atom. The summed E-state index contributed by atoms with van der Waals surface area (Å²) in [6, 6.07) is 3.50. The molecule has 0 radical (unpaired) electrons. The fraction of sp³-hybridized carbons (Fsp3) is 0.571. The average Bonchev–Trinajstić information content (AvgIpc) is 2.39. The third kappa shape index (κ3) is 4.75. The van der Waals surface area contributed by atoms with Crippen molar-refractivity contribution in [2.24, 2.45) is 0 Å². The van der Waals surface area contributed by atoms with Crippen molar-refractivity contribution in [1.82, 2.24) is 0 Å². The van der Waals surface area contributed by atoms with Crippen LogP contribution in [0.25, 0.3) is 0 Å². The fourth-order valence-electron chi connectivity index (χ4n) is 1.54. The summed E-state index contributed by atoms with van der Waals surface area (Å²) in [5.41, 5.74) is 0.599. The molecule has 108 valence electrons. The van der Waals surface area contributed by atoms with Crippen molar-refractivity contribution >= 4 is 23.2 Å². The van der Waals surface area contributed by atoms with Crippen LogP contribution >= 0.6 is 23.2 Å². The molecular formula is C14H20Cl2O3. The molecule has 0 amide bonds. The van der Waals surface area contributed by atoms with E-state index in [4.69, 9.17) is 37.4 Å². The van der Waals surface area contributed by atoms with Gasteiger partial charge in [-0.15, -0.1) is 11.6 Å². The van der Waals surface area contributed by atoms with Crippen LogP contribution < -0.4 is 9.47 Å². The van der Waals surface area contributed by atoms with Gasteiger partial charge in [-0.1, -0.05) is 11.6 Å². The predicted octanol–water partition coefficient (Wildman–Crippen LogP) is 4.28. The maximum atomic E-state index is 5.99. The van der Waals surface area contributed by atoms with Gasteiger partial charge in [0, 0.05) is 30.2 Å². The number of ether oxygens (including phenoxy) is 3. The fourth-order valence-corrected chi connectivity index (χ4v) is 1.97. The Balaban J connectivity index is 2.82. The summed E-state index contributed by atoms with van der Waals surface area (Å²) in [5, 5.41) is 0.581. The Bertz CT molecular complexity index is 394. The van der Waals surface area contributed by atoms with Gasteiger partial charge in [0.25, 0.3) is 0 Å². The van der Waals surface area contributed by atoms with Crippen LogP contribution in [0.15, 0.2) is 12.1 Å². The molecule has 0 bridgehead atoms. The summed E-state index contributed by atoms with van der Waals surface area (Å²) < 4.78 is 16.4. The molecule has 1 aromatic carbocycles. The second-order valence-corrected chi connectivity index (χ2v) is 5.50. The molecule has 1 aromatic rings. The van der Waals surface area contributed by atoms with Gasteiger partial charge in [0.1, 0.15) is 0 Å². The minimum Gasteiger partial charge on any atom is -0.493 e. The smallest absolute Gasteiger partial charge is 0.165 e. The van der Waals surface area contributed by atoms with Crippen molar-refractivity contribution in [3.8, 4) is 11.5 Å². The van der Waals surface area contributed by atoms with Crippen molar-refractivity contribution in [2.45, 2.75) is 31.7 Å². The lowest BCUT2D eigenvalue weighted by Crippen LogP contribution is -2.25. The number of methoxy groups -OCH3 is 2. The molecule has 0 spiro atoms. The van der Waals surface area contributed by atoms with Gasteiger partial charge in [0.05, 0.1) is 25.2 Å². The molecule has 3 nitrogen and oxygen atoms in total. The normalized spacial score (nSPS) is 11.5. The molecule has 0 unspecified atom stereocenters. The van der Waals surface area contributed by atoms with E-state index in [2.05, 4.69) is 0 Å². The Kier molecular flexibility index (Phi) is 6.24. The second-order valence-electron chi connectivity index (χ2n) is 4.79. The Labute approximate surface area is 124 Å². The van der Waals surface area contributed by atoms with E-state index in [0.29, 0.717) is 29.0 Å². The highest BCUT2D eigenvalue weighted by Gasteiger charge is 2.18. The minimum absolute atomic E-state index is 0.221. The number of halogens is 2. The van der Waals surface area contributed by atoms with Crippen LogP contribution in [0.2, 0.25) is 5.02 Å². The highest BCUT2D eigenvalue weighted by molar-refractivity contribution is 6.31. The first-order valence-corrected chi connectivity index (χ1v) is 6.95. The largest absolute Gasteiger partial charge is 0.493 e. The third-order valence-electron chi connectivity index (χ3n) is 2.96. The monoisotopic (exact) mass is 306 g/mol. The highest BCUT2D eigenvalue weighted by atomic mass is 35.5. The van der Waals surface area contributed by atoms with Crippen molar-refractivity contribution < 1.29 is 14.2 Å². The molecular weight excluding hydrogens is 287 g/mol. The molecule has 0 aliphatic rings. The number of hydrogen-bond acceptors (Lipinski definition) is 3. The van der Waals surface area contributed by atoms with Gasteiger partial charge in [-0.05, 0) is 19.9 Å². The van der Waals surface area contributed by atoms with E-state index in [1.807, 2.05) is 13.8 Å². The number of hydrogen-bond donors (Lipinski definition) is 0. The first-order chi connectivity index (χ1) is 8.93. The molecule has 0 aliphatic heterocycles. The minimum atomic E-state index is -0.221. The van der Waals surface area contributed by atoms with Crippen LogP contribution in [0, 0.1) is 0 Å². The SMILES string of the molecule is COc1cc(Cl)cc(CCl)c1OCCC(C)(C)OC. The lowest BCUT2D eigenvalue weighted by molar-refractivity contribution is 0.00518. The van der Waals surface area contributed by atoms with Crippen LogP contribution in [0.5, 0.6) is 11.5 Å². The van der Waals surface area contributed by atoms with Gasteiger partial charge in [0.2, 0.25) is 0 Å². The van der Waals surface area contributed by atoms with Gasteiger partial charge in [-0.2, -0.15) is 0 Å². The van der Waals surface area contributed by atoms with Crippen molar-refractivity contribution in [3.05, 3.63) is 22.7 Å². The van der Waals surface area contributed by atoms with E-state index in [0.717, 1.165) is 12.0 Å². The van der Waals surface area contributed by atoms with E-state index >= 15 is 0 Å². The molecule has 0 N–H and O–H groups in total. The van der Waals surface area contributed by atoms with E-state index < -0.39 is 0 Å². The van der Waals surface area contributed by atoms with Gasteiger partial charge in [0.15, 0.2) is 11.5 Å². The van der Waals surface area contributed by atoms with Crippen LogP contribution in [-0.2, 0) is 10.6 Å². The molecule has 0 saturated carbocycles. The second kappa shape index (κ2) is 7.22. The van der Waals surface area contributed by atoms with E-state index in [9.17, 15) is 0 Å². The zero-order chi connectivity index (χ0) is 14.5. The van der Waals surface area contributed by atoms with Crippen LogP contribution in [0.1, 0.15) is 25.8 Å². The van der Waals surface area contributed by atoms with Crippen LogP contribution in [0.3, 0.4) is 0 Å². The van der Waals surface area contributed by atoms with Crippen molar-refractivity contribution in [3.63, 3.8) is 0 Å². The summed E-state index contributed by atoms with van der Waals surface area (Å²) in [4.78, 5) is 0. The van der Waals surface area contributed by atoms with Gasteiger partial charge < -0.3 is 14.2 Å². The maximum Gasteiger partial charge on any atom is 0.165 e. The first kappa shape index (κ1) is 16.4. The van der Waals surface area contributed by atoms with Gasteiger partial charge in [-0.3, -0.25) is 0 Å². The van der Waals surface area contributed by atoms with Gasteiger partial charge in [-0.25, -0.2) is 0 Å². The topological polar surface area (TPSA) is 27.7 Å². The average molecular weight is 307 g/mol. The molecule has 0 fully saturated rings. The van der Waals surface area contributed by atoms with Crippen molar-refractivity contribution in [2.75, 3.05) is 20.8 Å². The number of rotatable bonds is 7. The standard InChI is InChI=1S/C14H20Cl2O3/c1-14(2,18-4)5-6-19-13-10(9-15)7-11(16)8-12(13)17-3/h7-8H,5-6,9H2,1-4H3.